The van der Waals surface area contributed by atoms with Crippen LogP contribution in [0.2, 0.25) is 0 Å². The summed E-state index contributed by atoms with van der Waals surface area (Å²) in [5.41, 5.74) is 0.821. The average molecular weight is 264 g/mol. The van der Waals surface area contributed by atoms with Crippen LogP contribution in [0.5, 0.6) is 11.6 Å². The Balaban J connectivity index is 2.11. The third-order valence-corrected chi connectivity index (χ3v) is 2.45. The predicted octanol–water partition coefficient (Wildman–Crippen LogP) is 3.26. The normalized spacial score (nSPS) is 10.5. The van der Waals surface area contributed by atoms with Crippen molar-refractivity contribution in [1.29, 1.82) is 0 Å². The highest BCUT2D eigenvalue weighted by atomic mass is 19.2. The molecule has 0 spiro atoms. The number of aromatic nitrogens is 1. The molecule has 0 bridgehead atoms. The van der Waals surface area contributed by atoms with Crippen molar-refractivity contribution < 1.29 is 13.5 Å². The first kappa shape index (κ1) is 13.4. The van der Waals surface area contributed by atoms with Crippen LogP contribution in [-0.2, 0) is 6.54 Å². The largest absolute Gasteiger partial charge is 0.439 e. The van der Waals surface area contributed by atoms with Gasteiger partial charge in [-0.1, -0.05) is 13.0 Å². The van der Waals surface area contributed by atoms with E-state index in [1.807, 2.05) is 13.0 Å². The minimum absolute atomic E-state index is 0.215. The van der Waals surface area contributed by atoms with Gasteiger partial charge in [-0.2, -0.15) is 0 Å². The van der Waals surface area contributed by atoms with E-state index in [1.54, 1.807) is 12.1 Å². The lowest BCUT2D eigenvalue weighted by Crippen LogP contribution is -2.12. The zero-order valence-electron chi connectivity index (χ0n) is 10.5. The summed E-state index contributed by atoms with van der Waals surface area (Å²) in [5, 5.41) is 3.14. The average Bonchev–Trinajstić information content (AvgIpc) is 2.41. The molecule has 0 aliphatic heterocycles. The molecule has 1 heterocycles. The van der Waals surface area contributed by atoms with E-state index in [-0.39, 0.29) is 5.75 Å². The van der Waals surface area contributed by atoms with Crippen molar-refractivity contribution in [3.63, 3.8) is 0 Å². The first-order chi connectivity index (χ1) is 9.19. The van der Waals surface area contributed by atoms with Gasteiger partial charge >= 0.3 is 0 Å². The Hall–Kier alpha value is -2.01. The fraction of sp³-hybridized carbons (Fsp3) is 0.214. The van der Waals surface area contributed by atoms with Crippen molar-refractivity contribution in [1.82, 2.24) is 10.3 Å². The van der Waals surface area contributed by atoms with Crippen LogP contribution in [0.25, 0.3) is 0 Å². The second-order valence-corrected chi connectivity index (χ2v) is 3.93. The predicted molar refractivity (Wildman–Crippen MR) is 68.0 cm³/mol. The zero-order valence-corrected chi connectivity index (χ0v) is 10.5. The van der Waals surface area contributed by atoms with Crippen LogP contribution >= 0.6 is 0 Å². The van der Waals surface area contributed by atoms with Gasteiger partial charge in [-0.25, -0.2) is 13.8 Å². The van der Waals surface area contributed by atoms with Crippen molar-refractivity contribution in [2.75, 3.05) is 6.54 Å². The van der Waals surface area contributed by atoms with E-state index in [0.717, 1.165) is 24.4 Å². The Morgan fingerprint density at radius 1 is 1.16 bits per heavy atom. The molecule has 0 atom stereocenters. The van der Waals surface area contributed by atoms with E-state index in [2.05, 4.69) is 10.3 Å². The van der Waals surface area contributed by atoms with Crippen molar-refractivity contribution in [2.24, 2.45) is 0 Å². The summed E-state index contributed by atoms with van der Waals surface area (Å²) < 4.78 is 31.2. The standard InChI is InChI=1S/C14H14F2N2O/c1-2-17-9-10-4-3-5-14(18-10)19-11-6-7-12(15)13(16)8-11/h3-8,17H,2,9H2,1H3. The molecule has 3 nitrogen and oxygen atoms in total. The molecule has 100 valence electrons. The Kier molecular flexibility index (Phi) is 4.41. The fourth-order valence-electron chi connectivity index (χ4n) is 1.53. The lowest BCUT2D eigenvalue weighted by atomic mass is 10.3. The number of rotatable bonds is 5. The first-order valence-electron chi connectivity index (χ1n) is 5.98. The Morgan fingerprint density at radius 2 is 2.00 bits per heavy atom. The molecule has 0 radical (unpaired) electrons. The van der Waals surface area contributed by atoms with Gasteiger partial charge in [0.15, 0.2) is 11.6 Å². The van der Waals surface area contributed by atoms with Crippen molar-refractivity contribution in [3.8, 4) is 11.6 Å². The second kappa shape index (κ2) is 6.24. The molecule has 19 heavy (non-hydrogen) atoms. The highest BCUT2D eigenvalue weighted by molar-refractivity contribution is 5.28. The maximum absolute atomic E-state index is 13.0. The van der Waals surface area contributed by atoms with Gasteiger partial charge in [0.1, 0.15) is 5.75 Å². The Labute approximate surface area is 110 Å². The SMILES string of the molecule is CCNCc1cccc(Oc2ccc(F)c(F)c2)n1. The van der Waals surface area contributed by atoms with E-state index in [9.17, 15) is 8.78 Å². The van der Waals surface area contributed by atoms with Gasteiger partial charge in [0.05, 0.1) is 5.69 Å². The molecule has 0 aliphatic rings. The molecule has 0 amide bonds. The first-order valence-corrected chi connectivity index (χ1v) is 5.98. The summed E-state index contributed by atoms with van der Waals surface area (Å²) in [5.74, 6) is -1.28. The number of hydrogen-bond acceptors (Lipinski definition) is 3. The molecule has 0 unspecified atom stereocenters. The summed E-state index contributed by atoms with van der Waals surface area (Å²) in [7, 11) is 0. The number of benzene rings is 1. The summed E-state index contributed by atoms with van der Waals surface area (Å²) in [6.07, 6.45) is 0. The molecule has 0 saturated carbocycles. The smallest absolute Gasteiger partial charge is 0.219 e. The fourth-order valence-corrected chi connectivity index (χ4v) is 1.53. The molecule has 0 aliphatic carbocycles. The maximum atomic E-state index is 13.0. The number of nitrogens with zero attached hydrogens (tertiary/aromatic N) is 1. The summed E-state index contributed by atoms with van der Waals surface area (Å²) in [6.45, 7) is 3.48. The van der Waals surface area contributed by atoms with E-state index < -0.39 is 11.6 Å². The van der Waals surface area contributed by atoms with Crippen LogP contribution in [0.3, 0.4) is 0 Å². The van der Waals surface area contributed by atoms with Crippen LogP contribution in [0.4, 0.5) is 8.78 Å². The molecule has 1 aromatic carbocycles. The van der Waals surface area contributed by atoms with E-state index in [0.29, 0.717) is 12.4 Å². The van der Waals surface area contributed by atoms with E-state index >= 15 is 0 Å². The van der Waals surface area contributed by atoms with Crippen LogP contribution in [-0.4, -0.2) is 11.5 Å². The van der Waals surface area contributed by atoms with Gasteiger partial charge in [-0.05, 0) is 24.7 Å². The second-order valence-electron chi connectivity index (χ2n) is 3.93. The maximum Gasteiger partial charge on any atom is 0.219 e. The molecule has 1 aromatic heterocycles. The topological polar surface area (TPSA) is 34.1 Å². The minimum Gasteiger partial charge on any atom is -0.439 e. The Morgan fingerprint density at radius 3 is 2.74 bits per heavy atom. The third-order valence-electron chi connectivity index (χ3n) is 2.45. The van der Waals surface area contributed by atoms with Gasteiger partial charge in [0, 0.05) is 18.7 Å². The molecule has 5 heteroatoms. The van der Waals surface area contributed by atoms with E-state index in [1.165, 1.54) is 6.07 Å². The highest BCUT2D eigenvalue weighted by Crippen LogP contribution is 2.21. The number of ether oxygens (including phenoxy) is 1. The van der Waals surface area contributed by atoms with Crippen LogP contribution in [0.1, 0.15) is 12.6 Å². The van der Waals surface area contributed by atoms with E-state index in [4.69, 9.17) is 4.74 Å². The summed E-state index contributed by atoms with van der Waals surface area (Å²) in [6, 6.07) is 8.70. The van der Waals surface area contributed by atoms with Crippen molar-refractivity contribution in [2.45, 2.75) is 13.5 Å². The summed E-state index contributed by atoms with van der Waals surface area (Å²) >= 11 is 0. The van der Waals surface area contributed by atoms with Crippen molar-refractivity contribution >= 4 is 0 Å². The monoisotopic (exact) mass is 264 g/mol. The molecule has 0 saturated heterocycles. The van der Waals surface area contributed by atoms with Crippen LogP contribution < -0.4 is 10.1 Å². The zero-order chi connectivity index (χ0) is 13.7. The molecule has 1 N–H and O–H groups in total. The molecule has 0 fully saturated rings. The number of hydrogen-bond donors (Lipinski definition) is 1. The highest BCUT2D eigenvalue weighted by Gasteiger charge is 2.05. The molecular formula is C14H14F2N2O. The summed E-state index contributed by atoms with van der Waals surface area (Å²) in [4.78, 5) is 4.26. The van der Waals surface area contributed by atoms with Crippen LogP contribution in [0, 0.1) is 11.6 Å². The number of halogens is 2. The molecular weight excluding hydrogens is 250 g/mol. The van der Waals surface area contributed by atoms with Gasteiger partial charge < -0.3 is 10.1 Å². The quantitative estimate of drug-likeness (QED) is 0.900. The lowest BCUT2D eigenvalue weighted by molar-refractivity contribution is 0.445. The van der Waals surface area contributed by atoms with Gasteiger partial charge in [0.2, 0.25) is 5.88 Å². The number of nitrogens with one attached hydrogen (secondary N) is 1. The molecule has 2 rings (SSSR count). The molecule has 2 aromatic rings. The Bertz CT molecular complexity index is 561. The van der Waals surface area contributed by atoms with Crippen molar-refractivity contribution in [3.05, 3.63) is 53.7 Å². The lowest BCUT2D eigenvalue weighted by Gasteiger charge is -2.07. The van der Waals surface area contributed by atoms with Gasteiger partial charge in [-0.3, -0.25) is 0 Å². The van der Waals surface area contributed by atoms with Crippen LogP contribution in [0.15, 0.2) is 36.4 Å². The van der Waals surface area contributed by atoms with Gasteiger partial charge in [0.25, 0.3) is 0 Å². The minimum atomic E-state index is -0.943. The number of pyridine rings is 1. The third kappa shape index (κ3) is 3.72. The van der Waals surface area contributed by atoms with Gasteiger partial charge in [-0.15, -0.1) is 0 Å².